The minimum Gasteiger partial charge on any atom is -0.0662 e. The van der Waals surface area contributed by atoms with Gasteiger partial charge < -0.3 is 0 Å². The summed E-state index contributed by atoms with van der Waals surface area (Å²) in [6, 6.07) is 0. The van der Waals surface area contributed by atoms with Crippen molar-refractivity contribution < 1.29 is 0 Å². The number of hydrogen-bond acceptors (Lipinski definition) is 0. The summed E-state index contributed by atoms with van der Waals surface area (Å²) in [6.45, 7) is 6.70. The lowest BCUT2D eigenvalue weighted by atomic mass is 10.1. The molecule has 1 aliphatic carbocycles. The highest BCUT2D eigenvalue weighted by atomic mass is 14.1. The molecule has 0 bridgehead atoms. The Kier molecular flexibility index (Phi) is 2.31. The molecule has 0 spiro atoms. The van der Waals surface area contributed by atoms with E-state index in [1.165, 1.54) is 24.8 Å². The number of allylic oxidation sites excluding steroid dienone is 4. The SMILES string of the molecule is CCC1=CC(C)=C(CC)C1. The molecule has 0 heterocycles. The molecule has 0 atom stereocenters. The Morgan fingerprint density at radius 2 is 2.00 bits per heavy atom. The van der Waals surface area contributed by atoms with Crippen LogP contribution in [0.15, 0.2) is 22.8 Å². The van der Waals surface area contributed by atoms with Crippen molar-refractivity contribution in [3.8, 4) is 0 Å². The van der Waals surface area contributed by atoms with Gasteiger partial charge in [0.05, 0.1) is 0 Å². The van der Waals surface area contributed by atoms with Crippen LogP contribution in [0.4, 0.5) is 0 Å². The highest BCUT2D eigenvalue weighted by molar-refractivity contribution is 5.37. The van der Waals surface area contributed by atoms with Crippen molar-refractivity contribution in [3.63, 3.8) is 0 Å². The van der Waals surface area contributed by atoms with Crippen LogP contribution in [0.5, 0.6) is 0 Å². The minimum absolute atomic E-state index is 1.22. The Morgan fingerprint density at radius 3 is 2.30 bits per heavy atom. The predicted octanol–water partition coefficient (Wildman–Crippen LogP) is 3.45. The van der Waals surface area contributed by atoms with E-state index in [4.69, 9.17) is 0 Å². The Balaban J connectivity index is 2.64. The number of hydrogen-bond donors (Lipinski definition) is 0. The molecule has 0 saturated heterocycles. The molecule has 1 rings (SSSR count). The molecule has 0 unspecified atom stereocenters. The zero-order valence-electron chi connectivity index (χ0n) is 7.20. The third kappa shape index (κ3) is 1.31. The molecule has 0 amide bonds. The second-order valence-electron chi connectivity index (χ2n) is 2.97. The summed E-state index contributed by atoms with van der Waals surface area (Å²) in [5.41, 5.74) is 4.76. The molecule has 1 aliphatic rings. The summed E-state index contributed by atoms with van der Waals surface area (Å²) < 4.78 is 0. The summed E-state index contributed by atoms with van der Waals surface area (Å²) in [7, 11) is 0. The average Bonchev–Trinajstić information content (AvgIpc) is 2.30. The van der Waals surface area contributed by atoms with Crippen molar-refractivity contribution in [1.82, 2.24) is 0 Å². The zero-order chi connectivity index (χ0) is 7.56. The summed E-state index contributed by atoms with van der Waals surface area (Å²) >= 11 is 0. The molecule has 0 aliphatic heterocycles. The third-order valence-electron chi connectivity index (χ3n) is 2.30. The van der Waals surface area contributed by atoms with E-state index in [1.807, 2.05) is 0 Å². The maximum absolute atomic E-state index is 2.35. The predicted molar refractivity (Wildman–Crippen MR) is 46.0 cm³/mol. The first-order valence-corrected chi connectivity index (χ1v) is 4.16. The maximum atomic E-state index is 2.35. The molecule has 56 valence electrons. The van der Waals surface area contributed by atoms with E-state index in [9.17, 15) is 0 Å². The lowest BCUT2D eigenvalue weighted by Gasteiger charge is -1.98. The van der Waals surface area contributed by atoms with E-state index in [1.54, 1.807) is 11.1 Å². The van der Waals surface area contributed by atoms with Crippen LogP contribution < -0.4 is 0 Å². The van der Waals surface area contributed by atoms with Crippen molar-refractivity contribution in [1.29, 1.82) is 0 Å². The van der Waals surface area contributed by atoms with Crippen LogP contribution in [0.3, 0.4) is 0 Å². The van der Waals surface area contributed by atoms with Crippen molar-refractivity contribution in [2.75, 3.05) is 0 Å². The van der Waals surface area contributed by atoms with Gasteiger partial charge in [0.1, 0.15) is 0 Å². The van der Waals surface area contributed by atoms with Gasteiger partial charge >= 0.3 is 0 Å². The lowest BCUT2D eigenvalue weighted by Crippen LogP contribution is -1.79. The van der Waals surface area contributed by atoms with Gasteiger partial charge in [-0.1, -0.05) is 36.6 Å². The van der Waals surface area contributed by atoms with Gasteiger partial charge in [0.15, 0.2) is 0 Å². The summed E-state index contributed by atoms with van der Waals surface area (Å²) in [6.07, 6.45) is 6.05. The molecule has 0 aromatic rings. The highest BCUT2D eigenvalue weighted by Gasteiger charge is 2.08. The van der Waals surface area contributed by atoms with Crippen molar-refractivity contribution in [2.45, 2.75) is 40.0 Å². The Labute approximate surface area is 63.6 Å². The van der Waals surface area contributed by atoms with Crippen LogP contribution in [0.2, 0.25) is 0 Å². The van der Waals surface area contributed by atoms with Gasteiger partial charge in [-0.05, 0) is 26.2 Å². The van der Waals surface area contributed by atoms with Crippen LogP contribution in [0, 0.1) is 0 Å². The van der Waals surface area contributed by atoms with Gasteiger partial charge in [-0.3, -0.25) is 0 Å². The Morgan fingerprint density at radius 1 is 1.30 bits per heavy atom. The van der Waals surface area contributed by atoms with E-state index >= 15 is 0 Å². The molecule has 0 saturated carbocycles. The largest absolute Gasteiger partial charge is 0.0662 e. The zero-order valence-corrected chi connectivity index (χ0v) is 7.20. The second kappa shape index (κ2) is 3.05. The number of rotatable bonds is 2. The first kappa shape index (κ1) is 7.59. The van der Waals surface area contributed by atoms with Crippen LogP contribution in [0.25, 0.3) is 0 Å². The molecule has 0 aromatic heterocycles. The summed E-state index contributed by atoms with van der Waals surface area (Å²) in [5.74, 6) is 0. The lowest BCUT2D eigenvalue weighted by molar-refractivity contribution is 0.955. The van der Waals surface area contributed by atoms with Gasteiger partial charge in [0.2, 0.25) is 0 Å². The smallest absolute Gasteiger partial charge is 0.00997 e. The summed E-state index contributed by atoms with van der Waals surface area (Å²) in [4.78, 5) is 0. The molecule has 0 heteroatoms. The minimum atomic E-state index is 1.22. The molecular weight excluding hydrogens is 120 g/mol. The first-order chi connectivity index (χ1) is 4.77. The molecule has 10 heavy (non-hydrogen) atoms. The Bertz CT molecular complexity index is 182. The van der Waals surface area contributed by atoms with E-state index in [-0.39, 0.29) is 0 Å². The van der Waals surface area contributed by atoms with Crippen LogP contribution in [-0.2, 0) is 0 Å². The molecule has 0 N–H and O–H groups in total. The molecule has 0 aromatic carbocycles. The van der Waals surface area contributed by atoms with Gasteiger partial charge in [-0.25, -0.2) is 0 Å². The fraction of sp³-hybridized carbons (Fsp3) is 0.600. The fourth-order valence-electron chi connectivity index (χ4n) is 1.50. The van der Waals surface area contributed by atoms with Crippen molar-refractivity contribution in [2.24, 2.45) is 0 Å². The van der Waals surface area contributed by atoms with Gasteiger partial charge in [-0.2, -0.15) is 0 Å². The monoisotopic (exact) mass is 136 g/mol. The Hall–Kier alpha value is -0.520. The van der Waals surface area contributed by atoms with E-state index in [2.05, 4.69) is 26.8 Å². The average molecular weight is 136 g/mol. The molecule has 0 nitrogen and oxygen atoms in total. The van der Waals surface area contributed by atoms with E-state index < -0.39 is 0 Å². The molecular formula is C10H16. The van der Waals surface area contributed by atoms with Gasteiger partial charge in [0, 0.05) is 0 Å². The van der Waals surface area contributed by atoms with E-state index in [0.717, 1.165) is 0 Å². The maximum Gasteiger partial charge on any atom is -0.00997 e. The molecule has 0 fully saturated rings. The molecule has 0 radical (unpaired) electrons. The van der Waals surface area contributed by atoms with Gasteiger partial charge in [-0.15, -0.1) is 0 Å². The second-order valence-corrected chi connectivity index (χ2v) is 2.97. The van der Waals surface area contributed by atoms with E-state index in [0.29, 0.717) is 0 Å². The normalized spacial score (nSPS) is 18.1. The standard InChI is InChI=1S/C10H16/c1-4-9-6-8(3)10(5-2)7-9/h6H,4-5,7H2,1-3H3. The van der Waals surface area contributed by atoms with Crippen molar-refractivity contribution in [3.05, 3.63) is 22.8 Å². The quantitative estimate of drug-likeness (QED) is 0.545. The highest BCUT2D eigenvalue weighted by Crippen LogP contribution is 2.28. The van der Waals surface area contributed by atoms with Gasteiger partial charge in [0.25, 0.3) is 0 Å². The van der Waals surface area contributed by atoms with Crippen LogP contribution >= 0.6 is 0 Å². The fourth-order valence-corrected chi connectivity index (χ4v) is 1.50. The topological polar surface area (TPSA) is 0 Å². The van der Waals surface area contributed by atoms with Crippen LogP contribution in [0.1, 0.15) is 40.0 Å². The van der Waals surface area contributed by atoms with Crippen LogP contribution in [-0.4, -0.2) is 0 Å². The third-order valence-corrected chi connectivity index (χ3v) is 2.30. The van der Waals surface area contributed by atoms with Crippen molar-refractivity contribution >= 4 is 0 Å². The summed E-state index contributed by atoms with van der Waals surface area (Å²) in [5, 5.41) is 0. The first-order valence-electron chi connectivity index (χ1n) is 4.16.